The van der Waals surface area contributed by atoms with E-state index >= 15 is 0 Å². The zero-order valence-electron chi connectivity index (χ0n) is 10.9. The second-order valence-electron chi connectivity index (χ2n) is 4.93. The topological polar surface area (TPSA) is 47.3 Å². The van der Waals surface area contributed by atoms with Gasteiger partial charge in [0, 0.05) is 12.6 Å². The maximum Gasteiger partial charge on any atom is 0.0640 e. The number of nitrogens with one attached hydrogen (secondary N) is 1. The average Bonchev–Trinajstić information content (AvgIpc) is 2.92. The molecule has 0 spiro atoms. The van der Waals surface area contributed by atoms with Gasteiger partial charge in [0.05, 0.1) is 16.1 Å². The molecule has 2 rings (SSSR count). The molecule has 1 fully saturated rings. The van der Waals surface area contributed by atoms with Gasteiger partial charge >= 0.3 is 0 Å². The Hall–Kier alpha value is -0.320. The van der Waals surface area contributed by atoms with E-state index in [2.05, 4.69) is 5.43 Å². The largest absolute Gasteiger partial charge is 0.378 e. The fourth-order valence-corrected chi connectivity index (χ4v) is 2.98. The number of benzene rings is 1. The van der Waals surface area contributed by atoms with Gasteiger partial charge in [0.2, 0.25) is 0 Å². The van der Waals surface area contributed by atoms with Gasteiger partial charge in [-0.15, -0.1) is 0 Å². The van der Waals surface area contributed by atoms with Crippen molar-refractivity contribution < 1.29 is 4.74 Å². The van der Waals surface area contributed by atoms with Gasteiger partial charge in [-0.25, -0.2) is 0 Å². The summed E-state index contributed by atoms with van der Waals surface area (Å²) >= 11 is 12.3. The quantitative estimate of drug-likeness (QED) is 0.620. The van der Waals surface area contributed by atoms with Crippen LogP contribution >= 0.6 is 23.2 Å². The first kappa shape index (κ1) is 15.1. The molecular formula is C14H20Cl2N2O. The fourth-order valence-electron chi connectivity index (χ4n) is 2.54. The molecule has 0 aromatic heterocycles. The highest BCUT2D eigenvalue weighted by Gasteiger charge is 2.18. The molecule has 0 radical (unpaired) electrons. The summed E-state index contributed by atoms with van der Waals surface area (Å²) in [5, 5.41) is 1.16. The minimum atomic E-state index is 0.0348. The smallest absolute Gasteiger partial charge is 0.0640 e. The Bertz CT molecular complexity index is 408. The zero-order valence-corrected chi connectivity index (χ0v) is 12.4. The lowest BCUT2D eigenvalue weighted by Gasteiger charge is -2.19. The third-order valence-electron chi connectivity index (χ3n) is 3.60. The summed E-state index contributed by atoms with van der Waals surface area (Å²) in [6.07, 6.45) is 5.85. The van der Waals surface area contributed by atoms with Crippen molar-refractivity contribution in [1.82, 2.24) is 5.43 Å². The third-order valence-corrected chi connectivity index (χ3v) is 4.43. The Balaban J connectivity index is 1.90. The normalized spacial score (nSPS) is 20.7. The van der Waals surface area contributed by atoms with Gasteiger partial charge in [-0.1, -0.05) is 35.3 Å². The molecular weight excluding hydrogens is 283 g/mol. The SMILES string of the molecule is NNC(CCCC1CCCO1)c1cccc(Cl)c1Cl. The maximum absolute atomic E-state index is 6.22. The lowest BCUT2D eigenvalue weighted by molar-refractivity contribution is 0.101. The lowest BCUT2D eigenvalue weighted by Crippen LogP contribution is -2.28. The fraction of sp³-hybridized carbons (Fsp3) is 0.571. The Morgan fingerprint density at radius 3 is 2.95 bits per heavy atom. The van der Waals surface area contributed by atoms with Crippen LogP contribution in [0.3, 0.4) is 0 Å². The van der Waals surface area contributed by atoms with E-state index in [9.17, 15) is 0 Å². The van der Waals surface area contributed by atoms with Crippen LogP contribution in [0.2, 0.25) is 10.0 Å². The van der Waals surface area contributed by atoms with Gasteiger partial charge in [0.25, 0.3) is 0 Å². The van der Waals surface area contributed by atoms with Crippen LogP contribution in [0.25, 0.3) is 0 Å². The molecule has 5 heteroatoms. The molecule has 1 aromatic rings. The summed E-state index contributed by atoms with van der Waals surface area (Å²) in [5.74, 6) is 5.64. The Labute approximate surface area is 124 Å². The standard InChI is InChI=1S/C14H20Cl2N2O/c15-12-7-2-6-11(14(12)16)13(18-17)8-1-4-10-5-3-9-19-10/h2,6-7,10,13,18H,1,3-5,8-9,17H2. The average molecular weight is 303 g/mol. The summed E-state index contributed by atoms with van der Waals surface area (Å²) in [5.41, 5.74) is 3.79. The van der Waals surface area contributed by atoms with Crippen molar-refractivity contribution in [2.24, 2.45) is 5.84 Å². The van der Waals surface area contributed by atoms with E-state index in [1.165, 1.54) is 12.8 Å². The van der Waals surface area contributed by atoms with Crippen molar-refractivity contribution in [2.45, 2.75) is 44.2 Å². The van der Waals surface area contributed by atoms with E-state index in [0.717, 1.165) is 31.4 Å². The van der Waals surface area contributed by atoms with Gasteiger partial charge in [-0.3, -0.25) is 11.3 Å². The number of hydrogen-bond acceptors (Lipinski definition) is 3. The van der Waals surface area contributed by atoms with Crippen LogP contribution in [-0.2, 0) is 4.74 Å². The minimum Gasteiger partial charge on any atom is -0.378 e. The van der Waals surface area contributed by atoms with Crippen LogP contribution in [0.5, 0.6) is 0 Å². The van der Waals surface area contributed by atoms with Gasteiger partial charge in [0.15, 0.2) is 0 Å². The molecule has 0 bridgehead atoms. The Kier molecular flexibility index (Phi) is 5.92. The molecule has 1 aromatic carbocycles. The van der Waals surface area contributed by atoms with Gasteiger partial charge in [0.1, 0.15) is 0 Å². The van der Waals surface area contributed by atoms with Crippen LogP contribution in [0.4, 0.5) is 0 Å². The highest BCUT2D eigenvalue weighted by Crippen LogP contribution is 2.32. The van der Waals surface area contributed by atoms with Crippen LogP contribution in [0, 0.1) is 0 Å². The molecule has 1 saturated heterocycles. The molecule has 0 saturated carbocycles. The van der Waals surface area contributed by atoms with E-state index in [1.54, 1.807) is 6.07 Å². The van der Waals surface area contributed by atoms with Crippen molar-refractivity contribution in [3.05, 3.63) is 33.8 Å². The minimum absolute atomic E-state index is 0.0348. The first-order valence-corrected chi connectivity index (χ1v) is 7.49. The first-order valence-electron chi connectivity index (χ1n) is 6.74. The van der Waals surface area contributed by atoms with Crippen LogP contribution in [0.1, 0.15) is 43.7 Å². The van der Waals surface area contributed by atoms with Crippen molar-refractivity contribution >= 4 is 23.2 Å². The Morgan fingerprint density at radius 2 is 2.26 bits per heavy atom. The van der Waals surface area contributed by atoms with E-state index in [0.29, 0.717) is 16.1 Å². The van der Waals surface area contributed by atoms with Gasteiger partial charge in [-0.2, -0.15) is 0 Å². The summed E-state index contributed by atoms with van der Waals surface area (Å²) in [6.45, 7) is 0.906. The molecule has 1 aliphatic heterocycles. The van der Waals surface area contributed by atoms with E-state index < -0.39 is 0 Å². The molecule has 0 aliphatic carbocycles. The Morgan fingerprint density at radius 1 is 1.42 bits per heavy atom. The first-order chi connectivity index (χ1) is 9.22. The van der Waals surface area contributed by atoms with E-state index in [1.807, 2.05) is 12.1 Å². The highest BCUT2D eigenvalue weighted by atomic mass is 35.5. The van der Waals surface area contributed by atoms with Crippen LogP contribution in [0.15, 0.2) is 18.2 Å². The summed E-state index contributed by atoms with van der Waals surface area (Å²) < 4.78 is 5.62. The van der Waals surface area contributed by atoms with Crippen LogP contribution in [-0.4, -0.2) is 12.7 Å². The van der Waals surface area contributed by atoms with Crippen molar-refractivity contribution in [3.63, 3.8) is 0 Å². The second-order valence-corrected chi connectivity index (χ2v) is 5.71. The highest BCUT2D eigenvalue weighted by molar-refractivity contribution is 6.42. The van der Waals surface area contributed by atoms with Crippen LogP contribution < -0.4 is 11.3 Å². The monoisotopic (exact) mass is 302 g/mol. The van der Waals surface area contributed by atoms with E-state index in [4.69, 9.17) is 33.8 Å². The molecule has 1 heterocycles. The summed E-state index contributed by atoms with van der Waals surface area (Å²) in [4.78, 5) is 0. The summed E-state index contributed by atoms with van der Waals surface area (Å²) in [6, 6.07) is 5.68. The number of ether oxygens (including phenoxy) is 1. The number of halogens is 2. The predicted octanol–water partition coefficient (Wildman–Crippen LogP) is 3.85. The molecule has 1 aliphatic rings. The van der Waals surface area contributed by atoms with Crippen molar-refractivity contribution in [1.29, 1.82) is 0 Å². The third kappa shape index (κ3) is 4.07. The molecule has 2 atom stereocenters. The maximum atomic E-state index is 6.22. The van der Waals surface area contributed by atoms with Gasteiger partial charge in [-0.05, 0) is 43.7 Å². The van der Waals surface area contributed by atoms with Crippen molar-refractivity contribution in [3.8, 4) is 0 Å². The van der Waals surface area contributed by atoms with E-state index in [-0.39, 0.29) is 6.04 Å². The number of rotatable bonds is 6. The lowest BCUT2D eigenvalue weighted by atomic mass is 9.99. The van der Waals surface area contributed by atoms with Crippen molar-refractivity contribution in [2.75, 3.05) is 6.61 Å². The van der Waals surface area contributed by atoms with Gasteiger partial charge < -0.3 is 4.74 Å². The molecule has 106 valence electrons. The number of hydrazine groups is 1. The molecule has 0 amide bonds. The number of nitrogens with two attached hydrogens (primary N) is 1. The molecule has 3 N–H and O–H groups in total. The zero-order chi connectivity index (χ0) is 13.7. The second kappa shape index (κ2) is 7.46. The predicted molar refractivity (Wildman–Crippen MR) is 79.4 cm³/mol. The molecule has 3 nitrogen and oxygen atoms in total. The molecule has 2 unspecified atom stereocenters. The molecule has 19 heavy (non-hydrogen) atoms. The number of hydrogen-bond donors (Lipinski definition) is 2. The summed E-state index contributed by atoms with van der Waals surface area (Å²) in [7, 11) is 0.